The molecular weight excluding hydrogens is 1010 g/mol. The summed E-state index contributed by atoms with van der Waals surface area (Å²) in [5.74, 6) is 0. The van der Waals surface area contributed by atoms with Gasteiger partial charge in [0.25, 0.3) is 0 Å². The highest BCUT2D eigenvalue weighted by Crippen LogP contribution is 2.56. The first-order chi connectivity index (χ1) is 41.3. The summed E-state index contributed by atoms with van der Waals surface area (Å²) in [6, 6.07) is 111. The minimum absolute atomic E-state index is 0.00952. The number of benzene rings is 12. The van der Waals surface area contributed by atoms with Gasteiger partial charge in [0, 0.05) is 22.1 Å². The Hall–Kier alpha value is -9.50. The van der Waals surface area contributed by atoms with Gasteiger partial charge < -0.3 is 9.80 Å². The predicted octanol–water partition coefficient (Wildman–Crippen LogP) is 10.3. The standard InChI is InChI=1S/C78H60B4N2/c1-77(2)59-31-11-23-43-72(59)83(73-44-24-12-32-60(73)77)56-48-50-58(76(52-56)84-74-45-25-13-33-61(74)78(3,4)62-34-14-26-46-75(62)84)57-49-47-55(81-65-37-17-15-35-63(65)79(53-27-7-5-8-28-53)64-36-16-18-38-66(64)81)51-71(57)82-69-41-21-19-39-67(69)80(54-29-9-6-10-30-54)68-40-20-22-42-70(68)82/h5-52H,1-4H3. The average molecular weight is 1070 g/mol. The molecule has 0 saturated carbocycles. The van der Waals surface area contributed by atoms with Crippen molar-refractivity contribution in [3.8, 4) is 11.1 Å². The van der Waals surface area contributed by atoms with E-state index in [1.165, 1.54) is 122 Å². The molecule has 16 rings (SSSR count). The summed E-state index contributed by atoms with van der Waals surface area (Å²) in [5.41, 5.74) is 30.3. The third-order valence-corrected chi connectivity index (χ3v) is 19.5. The molecule has 0 amide bonds. The highest BCUT2D eigenvalue weighted by atomic mass is 15.2. The van der Waals surface area contributed by atoms with E-state index < -0.39 is 0 Å². The lowest BCUT2D eigenvalue weighted by Crippen LogP contribution is -2.76. The van der Waals surface area contributed by atoms with Crippen LogP contribution in [0.2, 0.25) is 0 Å². The molecule has 4 aliphatic rings. The van der Waals surface area contributed by atoms with E-state index >= 15 is 0 Å². The molecule has 0 bridgehead atoms. The van der Waals surface area contributed by atoms with Crippen LogP contribution in [0, 0.1) is 0 Å². The highest BCUT2D eigenvalue weighted by Gasteiger charge is 2.44. The fraction of sp³-hybridized carbons (Fsp3) is 0.0769. The Kier molecular flexibility index (Phi) is 11.7. The van der Waals surface area contributed by atoms with Gasteiger partial charge in [0.1, 0.15) is 0 Å². The summed E-state index contributed by atoms with van der Waals surface area (Å²) in [5, 5.41) is 0. The van der Waals surface area contributed by atoms with Crippen LogP contribution >= 0.6 is 0 Å². The number of anilines is 6. The van der Waals surface area contributed by atoms with Gasteiger partial charge in [-0.1, -0.05) is 348 Å². The van der Waals surface area contributed by atoms with Crippen LogP contribution in [0.4, 0.5) is 34.1 Å². The molecule has 0 fully saturated rings. The maximum atomic E-state index is 2.63. The number of fused-ring (bicyclic) bond motifs is 8. The lowest BCUT2D eigenvalue weighted by atomic mass is 9.19. The Morgan fingerprint density at radius 3 is 0.929 bits per heavy atom. The van der Waals surface area contributed by atoms with Gasteiger partial charge >= 0.3 is 0 Å². The number of hydrogen-bond donors (Lipinski definition) is 0. The van der Waals surface area contributed by atoms with E-state index in [9.17, 15) is 0 Å². The van der Waals surface area contributed by atoms with Crippen molar-refractivity contribution in [1.29, 1.82) is 0 Å². The van der Waals surface area contributed by atoms with E-state index in [0.29, 0.717) is 0 Å². The molecule has 12 aromatic carbocycles. The number of para-hydroxylation sites is 4. The maximum Gasteiger partial charge on any atom is 0.240 e. The van der Waals surface area contributed by atoms with Gasteiger partial charge in [0.2, 0.25) is 26.9 Å². The molecule has 0 spiro atoms. The molecule has 4 heterocycles. The Morgan fingerprint density at radius 1 is 0.226 bits per heavy atom. The number of hydrogen-bond acceptors (Lipinski definition) is 2. The lowest BCUT2D eigenvalue weighted by molar-refractivity contribution is 0.631. The van der Waals surface area contributed by atoms with Gasteiger partial charge in [-0.25, -0.2) is 0 Å². The van der Waals surface area contributed by atoms with Crippen LogP contribution < -0.4 is 75.4 Å². The maximum absolute atomic E-state index is 2.63. The summed E-state index contributed by atoms with van der Waals surface area (Å²) < 4.78 is 0. The van der Waals surface area contributed by atoms with Crippen molar-refractivity contribution in [2.24, 2.45) is 0 Å². The van der Waals surface area contributed by atoms with E-state index in [1.54, 1.807) is 0 Å². The van der Waals surface area contributed by atoms with Crippen molar-refractivity contribution in [3.63, 3.8) is 0 Å². The predicted molar refractivity (Wildman–Crippen MR) is 363 cm³/mol. The van der Waals surface area contributed by atoms with Crippen LogP contribution in [0.1, 0.15) is 49.9 Å². The molecule has 0 N–H and O–H groups in total. The SMILES string of the molecule is CC1(C)c2ccccc2N(c2ccc(-c3ccc(B4c5ccccc5B(c5ccccc5)c5ccccc54)cc3B3c4ccccc4B(c4ccccc4)c4ccccc43)c(N3c4ccccc4C(C)(C)c4ccccc43)c2)c2ccccc21. The molecule has 4 aliphatic heterocycles. The monoisotopic (exact) mass is 1070 g/mol. The quantitative estimate of drug-likeness (QED) is 0.147. The van der Waals surface area contributed by atoms with Gasteiger partial charge in [0.05, 0.1) is 28.4 Å². The van der Waals surface area contributed by atoms with E-state index in [2.05, 4.69) is 329 Å². The number of nitrogens with zero attached hydrogens (tertiary/aromatic N) is 2. The van der Waals surface area contributed by atoms with Crippen LogP contribution in [-0.2, 0) is 10.8 Å². The van der Waals surface area contributed by atoms with Crippen molar-refractivity contribution >= 4 is 127 Å². The first kappa shape index (κ1) is 50.2. The summed E-state index contributed by atoms with van der Waals surface area (Å²) in [4.78, 5) is 5.13. The summed E-state index contributed by atoms with van der Waals surface area (Å²) in [7, 11) is 0. The lowest BCUT2D eigenvalue weighted by Gasteiger charge is -2.44. The second-order valence-electron chi connectivity index (χ2n) is 24.6. The van der Waals surface area contributed by atoms with Crippen LogP contribution in [0.3, 0.4) is 0 Å². The molecule has 0 aliphatic carbocycles. The zero-order chi connectivity index (χ0) is 56.3. The first-order valence-corrected chi connectivity index (χ1v) is 30.0. The topological polar surface area (TPSA) is 6.48 Å². The van der Waals surface area contributed by atoms with Gasteiger partial charge in [-0.2, -0.15) is 0 Å². The highest BCUT2D eigenvalue weighted by molar-refractivity contribution is 7.13. The minimum Gasteiger partial charge on any atom is -0.310 e. The molecule has 394 valence electrons. The van der Waals surface area contributed by atoms with Crippen molar-refractivity contribution in [3.05, 3.63) is 313 Å². The van der Waals surface area contributed by atoms with Crippen molar-refractivity contribution in [2.75, 3.05) is 9.80 Å². The Balaban J connectivity index is 0.999. The molecule has 0 unspecified atom stereocenters. The van der Waals surface area contributed by atoms with E-state index in [4.69, 9.17) is 0 Å². The molecule has 0 radical (unpaired) electrons. The van der Waals surface area contributed by atoms with Gasteiger partial charge in [0.15, 0.2) is 0 Å². The fourth-order valence-electron chi connectivity index (χ4n) is 15.7. The normalized spacial score (nSPS) is 14.7. The summed E-state index contributed by atoms with van der Waals surface area (Å²) in [6.07, 6.45) is 0. The van der Waals surface area contributed by atoms with E-state index in [0.717, 1.165) is 11.4 Å². The van der Waals surface area contributed by atoms with E-state index in [-0.39, 0.29) is 37.7 Å². The molecule has 84 heavy (non-hydrogen) atoms. The second kappa shape index (κ2) is 19.6. The van der Waals surface area contributed by atoms with Crippen LogP contribution in [0.5, 0.6) is 0 Å². The van der Waals surface area contributed by atoms with Crippen LogP contribution in [-0.4, -0.2) is 26.9 Å². The number of rotatable bonds is 7. The largest absolute Gasteiger partial charge is 0.310 e. The van der Waals surface area contributed by atoms with Crippen molar-refractivity contribution in [1.82, 2.24) is 0 Å². The molecule has 0 aromatic heterocycles. The van der Waals surface area contributed by atoms with E-state index in [1.807, 2.05) is 0 Å². The second-order valence-corrected chi connectivity index (χ2v) is 24.6. The molecular formula is C78H60B4N2. The smallest absolute Gasteiger partial charge is 0.240 e. The summed E-state index contributed by atoms with van der Waals surface area (Å²) in [6.45, 7) is 9.62. The van der Waals surface area contributed by atoms with Gasteiger partial charge in [-0.3, -0.25) is 0 Å². The third-order valence-electron chi connectivity index (χ3n) is 19.5. The molecule has 0 atom stereocenters. The van der Waals surface area contributed by atoms with Crippen molar-refractivity contribution in [2.45, 2.75) is 38.5 Å². The zero-order valence-corrected chi connectivity index (χ0v) is 47.9. The molecule has 0 saturated heterocycles. The van der Waals surface area contributed by atoms with Gasteiger partial charge in [-0.05, 0) is 64.2 Å². The first-order valence-electron chi connectivity index (χ1n) is 30.0. The van der Waals surface area contributed by atoms with Crippen molar-refractivity contribution < 1.29 is 0 Å². The third kappa shape index (κ3) is 7.62. The van der Waals surface area contributed by atoms with Gasteiger partial charge in [-0.15, -0.1) is 0 Å². The zero-order valence-electron chi connectivity index (χ0n) is 47.9. The van der Waals surface area contributed by atoms with Crippen LogP contribution in [0.25, 0.3) is 11.1 Å². The molecule has 12 aromatic rings. The van der Waals surface area contributed by atoms with Crippen LogP contribution in [0.15, 0.2) is 291 Å². The minimum atomic E-state index is -0.248. The fourth-order valence-corrected chi connectivity index (χ4v) is 15.7. The Bertz CT molecular complexity index is 4380. The Morgan fingerprint density at radius 2 is 0.536 bits per heavy atom. The molecule has 6 heteroatoms. The summed E-state index contributed by atoms with van der Waals surface area (Å²) >= 11 is 0. The average Bonchev–Trinajstić information content (AvgIpc) is 0.953. The molecule has 2 nitrogen and oxygen atoms in total. The Labute approximate surface area is 496 Å².